The Bertz CT molecular complexity index is 352. The van der Waals surface area contributed by atoms with Crippen LogP contribution in [0, 0.1) is 0 Å². The fourth-order valence-corrected chi connectivity index (χ4v) is 1.23. The van der Waals surface area contributed by atoms with Crippen molar-refractivity contribution in [3.05, 3.63) is 42.0 Å². The van der Waals surface area contributed by atoms with E-state index >= 15 is 0 Å². The summed E-state index contributed by atoms with van der Waals surface area (Å²) in [5.41, 5.74) is 0.148. The van der Waals surface area contributed by atoms with E-state index in [0.29, 0.717) is 12.2 Å². The Labute approximate surface area is 92.5 Å². The van der Waals surface area contributed by atoms with Gasteiger partial charge in [0.2, 0.25) is 0 Å². The smallest absolute Gasteiger partial charge is 0.412 e. The first-order chi connectivity index (χ1) is 7.43. The molecule has 0 spiro atoms. The second kappa shape index (κ2) is 5.05. The molecule has 1 rings (SSSR count). The molecule has 0 N–H and O–H groups in total. The van der Waals surface area contributed by atoms with Crippen molar-refractivity contribution in [1.29, 1.82) is 0 Å². The Morgan fingerprint density at radius 3 is 2.25 bits per heavy atom. The molecule has 0 saturated heterocycles. The summed E-state index contributed by atoms with van der Waals surface area (Å²) in [5.74, 6) is 0.693. The number of methoxy groups -OCH3 is 1. The second-order valence-corrected chi connectivity index (χ2v) is 3.45. The number of halogens is 3. The highest BCUT2D eigenvalue weighted by atomic mass is 19.4. The third-order valence-electron chi connectivity index (χ3n) is 2.28. The van der Waals surface area contributed by atoms with Crippen LogP contribution in [0.3, 0.4) is 0 Å². The number of ether oxygens (including phenoxy) is 1. The van der Waals surface area contributed by atoms with Crippen LogP contribution in [0.4, 0.5) is 13.2 Å². The molecule has 0 aromatic heterocycles. The molecule has 0 heterocycles. The van der Waals surface area contributed by atoms with Crippen LogP contribution in [-0.4, -0.2) is 13.3 Å². The van der Waals surface area contributed by atoms with E-state index in [1.165, 1.54) is 0 Å². The van der Waals surface area contributed by atoms with Crippen LogP contribution >= 0.6 is 0 Å². The van der Waals surface area contributed by atoms with Crippen molar-refractivity contribution >= 4 is 0 Å². The van der Waals surface area contributed by atoms with E-state index in [1.807, 2.05) is 0 Å². The monoisotopic (exact) mass is 230 g/mol. The van der Waals surface area contributed by atoms with Crippen molar-refractivity contribution in [3.8, 4) is 5.75 Å². The van der Waals surface area contributed by atoms with Gasteiger partial charge in [-0.15, -0.1) is 0 Å². The van der Waals surface area contributed by atoms with Gasteiger partial charge in [-0.05, 0) is 30.5 Å². The summed E-state index contributed by atoms with van der Waals surface area (Å²) < 4.78 is 41.4. The van der Waals surface area contributed by atoms with Crippen LogP contribution in [0.2, 0.25) is 0 Å². The van der Waals surface area contributed by atoms with Crippen LogP contribution in [0.1, 0.15) is 12.0 Å². The topological polar surface area (TPSA) is 9.23 Å². The van der Waals surface area contributed by atoms with E-state index in [4.69, 9.17) is 4.74 Å². The summed E-state index contributed by atoms with van der Waals surface area (Å²) in [4.78, 5) is 0. The molecule has 0 radical (unpaired) electrons. The molecular formula is C12H13F3O. The lowest BCUT2D eigenvalue weighted by Crippen LogP contribution is -2.11. The van der Waals surface area contributed by atoms with Gasteiger partial charge in [0.1, 0.15) is 5.75 Å². The van der Waals surface area contributed by atoms with E-state index in [2.05, 4.69) is 6.58 Å². The first-order valence-corrected chi connectivity index (χ1v) is 4.81. The Kier molecular flexibility index (Phi) is 3.99. The SMILES string of the molecule is C=C(CCc1ccc(OC)cc1)C(F)(F)F. The number of alkyl halides is 3. The predicted octanol–water partition coefficient (Wildman–Crippen LogP) is 3.75. The molecule has 1 aromatic carbocycles. The van der Waals surface area contributed by atoms with Gasteiger partial charge in [-0.25, -0.2) is 0 Å². The van der Waals surface area contributed by atoms with Crippen LogP contribution in [-0.2, 0) is 6.42 Å². The molecule has 0 aliphatic carbocycles. The number of allylic oxidation sites excluding steroid dienone is 1. The molecular weight excluding hydrogens is 217 g/mol. The van der Waals surface area contributed by atoms with E-state index in [9.17, 15) is 13.2 Å². The maximum Gasteiger partial charge on any atom is 0.412 e. The standard InChI is InChI=1S/C12H13F3O/c1-9(12(13,14)15)3-4-10-5-7-11(16-2)8-6-10/h5-8H,1,3-4H2,2H3. The minimum atomic E-state index is -4.29. The Morgan fingerprint density at radius 2 is 1.81 bits per heavy atom. The summed E-state index contributed by atoms with van der Waals surface area (Å²) in [6, 6.07) is 6.96. The Balaban J connectivity index is 2.52. The van der Waals surface area contributed by atoms with E-state index in [0.717, 1.165) is 5.56 Å². The average Bonchev–Trinajstić information content (AvgIpc) is 2.25. The van der Waals surface area contributed by atoms with E-state index < -0.39 is 11.7 Å². The number of rotatable bonds is 4. The third kappa shape index (κ3) is 3.61. The zero-order valence-corrected chi connectivity index (χ0v) is 8.97. The van der Waals surface area contributed by atoms with Gasteiger partial charge >= 0.3 is 6.18 Å². The number of hydrogen-bond donors (Lipinski definition) is 0. The summed E-state index contributed by atoms with van der Waals surface area (Å²) >= 11 is 0. The van der Waals surface area contributed by atoms with Crippen LogP contribution < -0.4 is 4.74 Å². The normalized spacial score (nSPS) is 11.2. The second-order valence-electron chi connectivity index (χ2n) is 3.45. The van der Waals surface area contributed by atoms with Gasteiger partial charge in [-0.3, -0.25) is 0 Å². The summed E-state index contributed by atoms with van der Waals surface area (Å²) in [7, 11) is 1.54. The lowest BCUT2D eigenvalue weighted by molar-refractivity contribution is -0.0935. The Morgan fingerprint density at radius 1 is 1.25 bits per heavy atom. The maximum absolute atomic E-state index is 12.2. The fraction of sp³-hybridized carbons (Fsp3) is 0.333. The molecule has 4 heteroatoms. The largest absolute Gasteiger partial charge is 0.497 e. The zero-order valence-electron chi connectivity index (χ0n) is 8.97. The molecule has 16 heavy (non-hydrogen) atoms. The quantitative estimate of drug-likeness (QED) is 0.716. The molecule has 0 amide bonds. The highest BCUT2D eigenvalue weighted by Crippen LogP contribution is 2.27. The average molecular weight is 230 g/mol. The van der Waals surface area contributed by atoms with Crippen molar-refractivity contribution in [1.82, 2.24) is 0 Å². The van der Waals surface area contributed by atoms with Gasteiger partial charge in [0, 0.05) is 5.57 Å². The lowest BCUT2D eigenvalue weighted by atomic mass is 10.1. The van der Waals surface area contributed by atoms with Gasteiger partial charge in [0.15, 0.2) is 0 Å². The van der Waals surface area contributed by atoms with Crippen molar-refractivity contribution in [2.45, 2.75) is 19.0 Å². The third-order valence-corrected chi connectivity index (χ3v) is 2.28. The van der Waals surface area contributed by atoms with Gasteiger partial charge in [0.05, 0.1) is 7.11 Å². The predicted molar refractivity (Wildman–Crippen MR) is 56.5 cm³/mol. The molecule has 88 valence electrons. The highest BCUT2D eigenvalue weighted by Gasteiger charge is 2.30. The van der Waals surface area contributed by atoms with Crippen LogP contribution in [0.15, 0.2) is 36.4 Å². The minimum Gasteiger partial charge on any atom is -0.497 e. The molecule has 0 atom stereocenters. The number of aryl methyl sites for hydroxylation is 1. The summed E-state index contributed by atoms with van der Waals surface area (Å²) in [6.45, 7) is 3.03. The highest BCUT2D eigenvalue weighted by molar-refractivity contribution is 5.27. The van der Waals surface area contributed by atoms with E-state index in [-0.39, 0.29) is 6.42 Å². The van der Waals surface area contributed by atoms with Crippen LogP contribution in [0.25, 0.3) is 0 Å². The van der Waals surface area contributed by atoms with Crippen molar-refractivity contribution in [3.63, 3.8) is 0 Å². The van der Waals surface area contributed by atoms with Crippen molar-refractivity contribution in [2.75, 3.05) is 7.11 Å². The zero-order chi connectivity index (χ0) is 12.2. The van der Waals surface area contributed by atoms with Gasteiger partial charge in [0.25, 0.3) is 0 Å². The summed E-state index contributed by atoms with van der Waals surface area (Å²) in [5, 5.41) is 0. The number of hydrogen-bond acceptors (Lipinski definition) is 1. The molecule has 0 aliphatic rings. The minimum absolute atomic E-state index is 0.0736. The molecule has 0 fully saturated rings. The summed E-state index contributed by atoms with van der Waals surface area (Å²) in [6.07, 6.45) is -4.02. The molecule has 0 saturated carbocycles. The van der Waals surface area contributed by atoms with Gasteiger partial charge < -0.3 is 4.74 Å². The maximum atomic E-state index is 12.2. The molecule has 0 aliphatic heterocycles. The lowest BCUT2D eigenvalue weighted by Gasteiger charge is -2.09. The number of benzene rings is 1. The fourth-order valence-electron chi connectivity index (χ4n) is 1.23. The molecule has 0 bridgehead atoms. The van der Waals surface area contributed by atoms with Crippen molar-refractivity contribution in [2.24, 2.45) is 0 Å². The molecule has 0 unspecified atom stereocenters. The van der Waals surface area contributed by atoms with Gasteiger partial charge in [-0.1, -0.05) is 18.7 Å². The van der Waals surface area contributed by atoms with Gasteiger partial charge in [-0.2, -0.15) is 13.2 Å². The Hall–Kier alpha value is -1.45. The van der Waals surface area contributed by atoms with Crippen molar-refractivity contribution < 1.29 is 17.9 Å². The molecule has 1 aromatic rings. The van der Waals surface area contributed by atoms with E-state index in [1.54, 1.807) is 31.4 Å². The first kappa shape index (κ1) is 12.6. The first-order valence-electron chi connectivity index (χ1n) is 4.81. The molecule has 1 nitrogen and oxygen atoms in total. The van der Waals surface area contributed by atoms with Crippen LogP contribution in [0.5, 0.6) is 5.75 Å².